The summed E-state index contributed by atoms with van der Waals surface area (Å²) in [5.41, 5.74) is 3.13. The highest BCUT2D eigenvalue weighted by molar-refractivity contribution is 7.21. The Labute approximate surface area is 225 Å². The number of halogens is 2. The number of fused-ring (bicyclic) bond motifs is 1. The minimum atomic E-state index is -0.566. The van der Waals surface area contributed by atoms with Crippen LogP contribution in [0.3, 0.4) is 0 Å². The van der Waals surface area contributed by atoms with Gasteiger partial charge in [-0.1, -0.05) is 59.6 Å². The van der Waals surface area contributed by atoms with Crippen molar-refractivity contribution in [3.05, 3.63) is 88.9 Å². The van der Waals surface area contributed by atoms with Crippen LogP contribution in [0.4, 0.5) is 0 Å². The molecule has 4 aromatic rings. The van der Waals surface area contributed by atoms with Gasteiger partial charge in [-0.25, -0.2) is 4.98 Å². The molecule has 0 amide bonds. The molecule has 1 unspecified atom stereocenters. The topological polar surface area (TPSA) is 48.8 Å². The van der Waals surface area contributed by atoms with Crippen molar-refractivity contribution in [1.82, 2.24) is 14.8 Å². The van der Waals surface area contributed by atoms with Crippen LogP contribution < -0.4 is 4.74 Å². The zero-order valence-electron chi connectivity index (χ0n) is 19.8. The second-order valence-corrected chi connectivity index (χ2v) is 10.8. The first kappa shape index (κ1) is 25.5. The van der Waals surface area contributed by atoms with Gasteiger partial charge in [-0.15, -0.1) is 11.3 Å². The predicted octanol–water partition coefficient (Wildman–Crippen LogP) is 6.03. The third-order valence-electron chi connectivity index (χ3n) is 6.28. The van der Waals surface area contributed by atoms with E-state index in [0.29, 0.717) is 11.6 Å². The second kappa shape index (κ2) is 11.9. The quantitative estimate of drug-likeness (QED) is 0.280. The van der Waals surface area contributed by atoms with E-state index in [2.05, 4.69) is 28.5 Å². The summed E-state index contributed by atoms with van der Waals surface area (Å²) in [6.45, 7) is 6.55. The fourth-order valence-electron chi connectivity index (χ4n) is 4.29. The van der Waals surface area contributed by atoms with Crippen molar-refractivity contribution in [2.75, 3.05) is 39.3 Å². The molecular formula is C28H28Cl2N3O2S. The van der Waals surface area contributed by atoms with Gasteiger partial charge < -0.3 is 9.84 Å². The van der Waals surface area contributed by atoms with Crippen LogP contribution in [-0.2, 0) is 6.42 Å². The van der Waals surface area contributed by atoms with Crippen molar-refractivity contribution in [3.8, 4) is 16.3 Å². The van der Waals surface area contributed by atoms with E-state index in [-0.39, 0.29) is 6.61 Å². The van der Waals surface area contributed by atoms with Crippen molar-refractivity contribution in [2.45, 2.75) is 12.5 Å². The van der Waals surface area contributed by atoms with Gasteiger partial charge in [-0.2, -0.15) is 0 Å². The van der Waals surface area contributed by atoms with E-state index >= 15 is 0 Å². The molecule has 1 aliphatic rings. The van der Waals surface area contributed by atoms with Crippen LogP contribution in [0.25, 0.3) is 20.8 Å². The van der Waals surface area contributed by atoms with Crippen molar-refractivity contribution in [3.63, 3.8) is 0 Å². The number of ether oxygens (including phenoxy) is 1. The van der Waals surface area contributed by atoms with Gasteiger partial charge in [0.1, 0.15) is 23.5 Å². The molecule has 2 heterocycles. The average molecular weight is 542 g/mol. The number of aromatic nitrogens is 1. The van der Waals surface area contributed by atoms with Crippen LogP contribution in [0.15, 0.2) is 66.7 Å². The SMILES string of the molecule is OC(COc1ccc2sc(-c3ccccc3)nc2c1)CN1C[CH]N(CCc2ccc(Cl)cc2Cl)CC1. The fourth-order valence-corrected chi connectivity index (χ4v) is 5.74. The molecule has 0 saturated carbocycles. The van der Waals surface area contributed by atoms with Crippen LogP contribution in [0.2, 0.25) is 10.0 Å². The standard InChI is InChI=1S/C28H28Cl2N3O2S/c29-22-7-6-20(25(30)16-22)10-11-32-12-14-33(15-13-32)18-23(34)19-35-24-8-9-27-26(17-24)31-28(36-27)21-4-2-1-3-5-21/h1-9,12,16-17,23,34H,10-11,13-15,18-19H2. The zero-order chi connectivity index (χ0) is 24.9. The lowest BCUT2D eigenvalue weighted by Crippen LogP contribution is -2.47. The predicted molar refractivity (Wildman–Crippen MR) is 149 cm³/mol. The Bertz CT molecular complexity index is 1290. The van der Waals surface area contributed by atoms with Gasteiger partial charge in [-0.05, 0) is 36.2 Å². The number of hydrogen-bond acceptors (Lipinski definition) is 6. The number of aliphatic hydroxyl groups excluding tert-OH is 1. The highest BCUT2D eigenvalue weighted by Gasteiger charge is 2.20. The Morgan fingerprint density at radius 2 is 1.89 bits per heavy atom. The molecular weight excluding hydrogens is 513 g/mol. The number of β-amino-alcohol motifs (C(OH)–C–C–N with tert-alkyl or cyclic N) is 1. The van der Waals surface area contributed by atoms with Crippen LogP contribution in [0.1, 0.15) is 5.56 Å². The lowest BCUT2D eigenvalue weighted by atomic mass is 10.1. The molecule has 1 atom stereocenters. The summed E-state index contributed by atoms with van der Waals surface area (Å²) in [5, 5.41) is 12.9. The summed E-state index contributed by atoms with van der Waals surface area (Å²) in [4.78, 5) is 9.32. The van der Waals surface area contributed by atoms with Gasteiger partial charge in [0, 0.05) is 60.9 Å². The maximum atomic E-state index is 10.6. The first-order valence-electron chi connectivity index (χ1n) is 12.0. The Morgan fingerprint density at radius 1 is 1.03 bits per heavy atom. The van der Waals surface area contributed by atoms with Crippen LogP contribution in [0, 0.1) is 6.54 Å². The Balaban J connectivity index is 1.06. The summed E-state index contributed by atoms with van der Waals surface area (Å²) < 4.78 is 7.03. The molecule has 0 aliphatic carbocycles. The second-order valence-electron chi connectivity index (χ2n) is 8.94. The monoisotopic (exact) mass is 540 g/mol. The first-order chi connectivity index (χ1) is 17.5. The molecule has 1 saturated heterocycles. The Kier molecular flexibility index (Phi) is 8.42. The van der Waals surface area contributed by atoms with Crippen LogP contribution >= 0.6 is 34.5 Å². The van der Waals surface area contributed by atoms with E-state index in [1.165, 1.54) is 0 Å². The minimum Gasteiger partial charge on any atom is -0.491 e. The molecule has 0 spiro atoms. The molecule has 1 fully saturated rings. The molecule has 187 valence electrons. The normalized spacial score (nSPS) is 15.9. The van der Waals surface area contributed by atoms with E-state index in [9.17, 15) is 5.11 Å². The molecule has 1 N–H and O–H groups in total. The number of thiazole rings is 1. The zero-order valence-corrected chi connectivity index (χ0v) is 22.1. The Hall–Kier alpha value is -2.19. The lowest BCUT2D eigenvalue weighted by Gasteiger charge is -2.35. The van der Waals surface area contributed by atoms with Crippen molar-refractivity contribution < 1.29 is 9.84 Å². The molecule has 5 nitrogen and oxygen atoms in total. The largest absolute Gasteiger partial charge is 0.491 e. The number of aliphatic hydroxyl groups is 1. The van der Waals surface area contributed by atoms with E-state index < -0.39 is 6.10 Å². The van der Waals surface area contributed by atoms with E-state index in [0.717, 1.165) is 69.7 Å². The first-order valence-corrected chi connectivity index (χ1v) is 13.6. The van der Waals surface area contributed by atoms with Crippen molar-refractivity contribution >= 4 is 44.8 Å². The van der Waals surface area contributed by atoms with Gasteiger partial charge in [0.25, 0.3) is 0 Å². The molecule has 8 heteroatoms. The molecule has 1 radical (unpaired) electrons. The van der Waals surface area contributed by atoms with Gasteiger partial charge in [0.05, 0.1) is 10.2 Å². The smallest absolute Gasteiger partial charge is 0.124 e. The van der Waals surface area contributed by atoms with Crippen molar-refractivity contribution in [1.29, 1.82) is 0 Å². The average Bonchev–Trinajstić information content (AvgIpc) is 3.32. The van der Waals surface area contributed by atoms with E-state index in [4.69, 9.17) is 32.9 Å². The maximum absolute atomic E-state index is 10.6. The molecule has 1 aromatic heterocycles. The van der Waals surface area contributed by atoms with Gasteiger partial charge in [0.15, 0.2) is 0 Å². The number of rotatable bonds is 9. The summed E-state index contributed by atoms with van der Waals surface area (Å²) in [6, 6.07) is 21.8. The molecule has 5 rings (SSSR count). The highest BCUT2D eigenvalue weighted by atomic mass is 35.5. The van der Waals surface area contributed by atoms with Gasteiger partial charge >= 0.3 is 0 Å². The summed E-state index contributed by atoms with van der Waals surface area (Å²) in [6.07, 6.45) is 0.308. The summed E-state index contributed by atoms with van der Waals surface area (Å²) in [7, 11) is 0. The third-order valence-corrected chi connectivity index (χ3v) is 7.95. The fraction of sp³-hybridized carbons (Fsp3) is 0.286. The maximum Gasteiger partial charge on any atom is 0.124 e. The van der Waals surface area contributed by atoms with E-state index in [1.807, 2.05) is 48.5 Å². The van der Waals surface area contributed by atoms with Gasteiger partial charge in [0.2, 0.25) is 0 Å². The minimum absolute atomic E-state index is 0.246. The molecule has 3 aromatic carbocycles. The number of piperazine rings is 1. The molecule has 36 heavy (non-hydrogen) atoms. The van der Waals surface area contributed by atoms with Gasteiger partial charge in [-0.3, -0.25) is 9.80 Å². The highest BCUT2D eigenvalue weighted by Crippen LogP contribution is 2.32. The number of benzene rings is 3. The number of hydrogen-bond donors (Lipinski definition) is 1. The van der Waals surface area contributed by atoms with E-state index in [1.54, 1.807) is 17.4 Å². The Morgan fingerprint density at radius 3 is 2.67 bits per heavy atom. The molecule has 1 aliphatic heterocycles. The number of nitrogens with zero attached hydrogens (tertiary/aromatic N) is 3. The third kappa shape index (κ3) is 6.57. The van der Waals surface area contributed by atoms with Crippen LogP contribution in [-0.4, -0.2) is 65.3 Å². The van der Waals surface area contributed by atoms with Crippen molar-refractivity contribution in [2.24, 2.45) is 0 Å². The summed E-state index contributed by atoms with van der Waals surface area (Å²) >= 11 is 13.9. The summed E-state index contributed by atoms with van der Waals surface area (Å²) in [5.74, 6) is 0.726. The molecule has 0 bridgehead atoms. The lowest BCUT2D eigenvalue weighted by molar-refractivity contribution is 0.0560. The van der Waals surface area contributed by atoms with Crippen LogP contribution in [0.5, 0.6) is 5.75 Å².